The fraction of sp³-hybridized carbons (Fsp3) is 0.583. The summed E-state index contributed by atoms with van der Waals surface area (Å²) in [6.45, 7) is 5.62. The second-order valence-corrected chi connectivity index (χ2v) is 9.85. The number of esters is 1. The lowest BCUT2D eigenvalue weighted by atomic mass is 9.48. The van der Waals surface area contributed by atoms with E-state index in [2.05, 4.69) is 10.1 Å². The van der Waals surface area contributed by atoms with E-state index in [-0.39, 0.29) is 11.2 Å². The molecule has 4 bridgehead atoms. The third kappa shape index (κ3) is 3.26. The number of pyridine rings is 1. The van der Waals surface area contributed by atoms with Crippen LogP contribution in [0.4, 0.5) is 0 Å². The summed E-state index contributed by atoms with van der Waals surface area (Å²) >= 11 is 0. The van der Waals surface area contributed by atoms with Gasteiger partial charge in [-0.3, -0.25) is 4.79 Å². The summed E-state index contributed by atoms with van der Waals surface area (Å²) in [6, 6.07) is 5.41. The molecule has 6 heteroatoms. The van der Waals surface area contributed by atoms with Crippen LogP contribution in [0.1, 0.15) is 67.2 Å². The van der Waals surface area contributed by atoms with Crippen molar-refractivity contribution in [2.45, 2.75) is 65.4 Å². The lowest BCUT2D eigenvalue weighted by Crippen LogP contribution is -2.52. The molecule has 30 heavy (non-hydrogen) atoms. The first-order valence-electron chi connectivity index (χ1n) is 11.1. The number of hydrogen-bond donors (Lipinski definition) is 0. The minimum atomic E-state index is -0.718. The molecule has 0 N–H and O–H groups in total. The van der Waals surface area contributed by atoms with E-state index in [1.54, 1.807) is 23.7 Å². The highest BCUT2D eigenvalue weighted by atomic mass is 16.5. The number of nitrogens with zero attached hydrogens (tertiary/aromatic N) is 3. The number of carbonyl (C=O) groups is 2. The molecule has 0 amide bonds. The number of aromatic nitrogens is 3. The van der Waals surface area contributed by atoms with Gasteiger partial charge in [-0.05, 0) is 95.2 Å². The average molecular weight is 408 g/mol. The summed E-state index contributed by atoms with van der Waals surface area (Å²) < 4.78 is 7.35. The lowest BCUT2D eigenvalue weighted by Gasteiger charge is -2.56. The van der Waals surface area contributed by atoms with Gasteiger partial charge >= 0.3 is 5.97 Å². The van der Waals surface area contributed by atoms with Crippen molar-refractivity contribution in [3.63, 3.8) is 0 Å². The zero-order valence-electron chi connectivity index (χ0n) is 17.9. The summed E-state index contributed by atoms with van der Waals surface area (Å²) in [6.07, 6.45) is 7.59. The van der Waals surface area contributed by atoms with Crippen LogP contribution < -0.4 is 0 Å². The van der Waals surface area contributed by atoms with Crippen LogP contribution in [0.5, 0.6) is 0 Å². The summed E-state index contributed by atoms with van der Waals surface area (Å²) in [7, 11) is 0. The van der Waals surface area contributed by atoms with E-state index >= 15 is 0 Å². The minimum absolute atomic E-state index is 0.127. The predicted octanol–water partition coefficient (Wildman–Crippen LogP) is 4.21. The molecule has 2 aromatic heterocycles. The molecule has 158 valence electrons. The highest BCUT2D eigenvalue weighted by Gasteiger charge is 2.55. The number of rotatable bonds is 5. The first kappa shape index (κ1) is 19.5. The Morgan fingerprint density at radius 1 is 1.10 bits per heavy atom. The highest BCUT2D eigenvalue weighted by molar-refractivity contribution is 5.94. The van der Waals surface area contributed by atoms with Gasteiger partial charge in [0.05, 0.1) is 11.3 Å². The molecule has 4 aliphatic rings. The van der Waals surface area contributed by atoms with Crippen LogP contribution in [0, 0.1) is 37.0 Å². The van der Waals surface area contributed by atoms with Crippen LogP contribution in [-0.2, 0) is 9.53 Å². The minimum Gasteiger partial charge on any atom is -0.451 e. The fourth-order valence-electron chi connectivity index (χ4n) is 6.62. The molecule has 4 saturated carbocycles. The number of ketones is 1. The molecule has 2 aromatic rings. The topological polar surface area (TPSA) is 74.1 Å². The molecule has 1 unspecified atom stereocenters. The van der Waals surface area contributed by atoms with Gasteiger partial charge in [-0.15, -0.1) is 0 Å². The summed E-state index contributed by atoms with van der Waals surface area (Å²) in [5, 5.41) is 4.41. The Labute approximate surface area is 177 Å². The zero-order chi connectivity index (χ0) is 21.0. The van der Waals surface area contributed by atoms with Crippen LogP contribution in [0.15, 0.2) is 24.4 Å². The van der Waals surface area contributed by atoms with Gasteiger partial charge in [-0.1, -0.05) is 0 Å². The molecule has 0 aromatic carbocycles. The molecule has 0 spiro atoms. The Morgan fingerprint density at radius 3 is 2.23 bits per heavy atom. The normalized spacial score (nSPS) is 30.3. The van der Waals surface area contributed by atoms with Gasteiger partial charge in [-0.25, -0.2) is 14.5 Å². The molecule has 1 atom stereocenters. The molecule has 0 aliphatic heterocycles. The maximum atomic E-state index is 13.3. The largest absolute Gasteiger partial charge is 0.451 e. The molecule has 4 aliphatic carbocycles. The van der Waals surface area contributed by atoms with Crippen molar-refractivity contribution in [3.8, 4) is 5.82 Å². The summed E-state index contributed by atoms with van der Waals surface area (Å²) in [5.41, 5.74) is 1.98. The molecule has 0 saturated heterocycles. The van der Waals surface area contributed by atoms with Crippen LogP contribution in [-0.4, -0.2) is 32.6 Å². The van der Waals surface area contributed by atoms with Crippen LogP contribution in [0.25, 0.3) is 5.82 Å². The van der Waals surface area contributed by atoms with E-state index in [1.165, 1.54) is 25.5 Å². The van der Waals surface area contributed by atoms with Crippen molar-refractivity contribution in [2.24, 2.45) is 23.2 Å². The summed E-state index contributed by atoms with van der Waals surface area (Å²) in [5.74, 6) is 2.35. The van der Waals surface area contributed by atoms with Gasteiger partial charge in [0.25, 0.3) is 0 Å². The second-order valence-electron chi connectivity index (χ2n) is 9.85. The number of carbonyl (C=O) groups excluding carboxylic acids is 2. The molecule has 6 nitrogen and oxygen atoms in total. The van der Waals surface area contributed by atoms with E-state index in [4.69, 9.17) is 4.74 Å². The van der Waals surface area contributed by atoms with Gasteiger partial charge in [-0.2, -0.15) is 5.10 Å². The van der Waals surface area contributed by atoms with Gasteiger partial charge < -0.3 is 4.74 Å². The van der Waals surface area contributed by atoms with Crippen LogP contribution >= 0.6 is 0 Å². The van der Waals surface area contributed by atoms with Gasteiger partial charge in [0, 0.05) is 17.3 Å². The van der Waals surface area contributed by atoms with E-state index in [0.717, 1.165) is 30.7 Å². The van der Waals surface area contributed by atoms with E-state index in [0.29, 0.717) is 29.1 Å². The van der Waals surface area contributed by atoms with Crippen molar-refractivity contribution < 1.29 is 14.3 Å². The maximum absolute atomic E-state index is 13.3. The quantitative estimate of drug-likeness (QED) is 0.694. The Hall–Kier alpha value is -2.50. The average Bonchev–Trinajstić information content (AvgIpc) is 3.04. The van der Waals surface area contributed by atoms with Gasteiger partial charge in [0.1, 0.15) is 0 Å². The Kier molecular flexibility index (Phi) is 4.56. The Morgan fingerprint density at radius 2 is 1.73 bits per heavy atom. The van der Waals surface area contributed by atoms with Crippen LogP contribution in [0.2, 0.25) is 0 Å². The number of Topliss-reactive ketones (excluding diaryl/α,β-unsaturated/α-hetero) is 1. The molecule has 4 fully saturated rings. The van der Waals surface area contributed by atoms with Crippen molar-refractivity contribution >= 4 is 11.8 Å². The number of hydrogen-bond acceptors (Lipinski definition) is 5. The van der Waals surface area contributed by atoms with Crippen molar-refractivity contribution in [3.05, 3.63) is 41.3 Å². The van der Waals surface area contributed by atoms with Crippen molar-refractivity contribution in [2.75, 3.05) is 0 Å². The van der Waals surface area contributed by atoms with Crippen LogP contribution in [0.3, 0.4) is 0 Å². The fourth-order valence-corrected chi connectivity index (χ4v) is 6.62. The first-order chi connectivity index (χ1) is 14.3. The SMILES string of the molecule is Cc1cc(C)n(-c2ccc(C(=O)OC(C)C(=O)C34CC5CC(CC(C5)C3)C4)cn2)n1. The highest BCUT2D eigenvalue weighted by Crippen LogP contribution is 2.60. The molecule has 6 rings (SSSR count). The first-order valence-corrected chi connectivity index (χ1v) is 11.1. The number of aryl methyl sites for hydroxylation is 2. The number of ether oxygens (including phenoxy) is 1. The second kappa shape index (κ2) is 7.03. The molecular formula is C24H29N3O3. The van der Waals surface area contributed by atoms with Crippen molar-refractivity contribution in [1.29, 1.82) is 0 Å². The zero-order valence-corrected chi connectivity index (χ0v) is 17.9. The maximum Gasteiger partial charge on any atom is 0.340 e. The Bertz CT molecular complexity index is 956. The lowest BCUT2D eigenvalue weighted by molar-refractivity contribution is -0.152. The third-order valence-corrected chi connectivity index (χ3v) is 7.42. The van der Waals surface area contributed by atoms with E-state index < -0.39 is 12.1 Å². The van der Waals surface area contributed by atoms with Crippen molar-refractivity contribution in [1.82, 2.24) is 14.8 Å². The smallest absolute Gasteiger partial charge is 0.340 e. The predicted molar refractivity (Wildman–Crippen MR) is 111 cm³/mol. The van der Waals surface area contributed by atoms with E-state index in [1.807, 2.05) is 19.9 Å². The van der Waals surface area contributed by atoms with E-state index in [9.17, 15) is 9.59 Å². The summed E-state index contributed by atoms with van der Waals surface area (Å²) in [4.78, 5) is 30.4. The monoisotopic (exact) mass is 407 g/mol. The van der Waals surface area contributed by atoms with Gasteiger partial charge in [0.15, 0.2) is 17.7 Å². The molecule has 0 radical (unpaired) electrons. The van der Waals surface area contributed by atoms with Gasteiger partial charge in [0.2, 0.25) is 0 Å². The Balaban J connectivity index is 1.27. The molecule has 2 heterocycles. The third-order valence-electron chi connectivity index (χ3n) is 7.42. The standard InChI is InChI=1S/C24H29N3O3/c1-14-6-15(2)27(26-14)21-5-4-20(13-25-21)23(29)30-16(3)22(28)24-10-17-7-18(11-24)9-19(8-17)12-24/h4-6,13,16-19H,7-12H2,1-3H3. The molecular weight excluding hydrogens is 378 g/mol.